The molecule has 146 valence electrons. The Kier molecular flexibility index (Phi) is 4.12. The van der Waals surface area contributed by atoms with E-state index in [9.17, 15) is 9.50 Å². The number of methoxy groups -OCH3 is 1. The zero-order valence-electron chi connectivity index (χ0n) is 15.7. The molecular formula is C23H19FN2O3. The lowest BCUT2D eigenvalue weighted by Gasteiger charge is -2.38. The van der Waals surface area contributed by atoms with Crippen LogP contribution in [-0.2, 0) is 0 Å². The minimum atomic E-state index is -0.485. The van der Waals surface area contributed by atoms with E-state index in [2.05, 4.69) is 0 Å². The minimum Gasteiger partial charge on any atom is -0.507 e. The predicted molar refractivity (Wildman–Crippen MR) is 107 cm³/mol. The molecule has 0 unspecified atom stereocenters. The average Bonchev–Trinajstić information content (AvgIpc) is 3.20. The van der Waals surface area contributed by atoms with Crippen molar-refractivity contribution in [3.05, 3.63) is 89.2 Å². The number of para-hydroxylation sites is 1. The largest absolute Gasteiger partial charge is 0.507 e. The Morgan fingerprint density at radius 2 is 1.90 bits per heavy atom. The van der Waals surface area contributed by atoms with Crippen molar-refractivity contribution in [2.24, 2.45) is 5.10 Å². The van der Waals surface area contributed by atoms with Crippen LogP contribution in [0.15, 0.2) is 71.8 Å². The summed E-state index contributed by atoms with van der Waals surface area (Å²) < 4.78 is 25.0. The van der Waals surface area contributed by atoms with Crippen LogP contribution in [0.1, 0.15) is 35.4 Å². The van der Waals surface area contributed by atoms with E-state index in [4.69, 9.17) is 14.6 Å². The quantitative estimate of drug-likeness (QED) is 0.699. The highest BCUT2D eigenvalue weighted by Crippen LogP contribution is 2.48. The first kappa shape index (κ1) is 17.6. The fraction of sp³-hybridized carbons (Fsp3) is 0.174. The van der Waals surface area contributed by atoms with Gasteiger partial charge >= 0.3 is 0 Å². The molecule has 0 saturated heterocycles. The maximum atomic E-state index is 13.4. The number of phenols is 1. The van der Waals surface area contributed by atoms with Crippen LogP contribution in [-0.4, -0.2) is 22.9 Å². The monoisotopic (exact) mass is 390 g/mol. The summed E-state index contributed by atoms with van der Waals surface area (Å²) in [7, 11) is 1.59. The molecule has 2 aliphatic heterocycles. The molecule has 0 spiro atoms. The first-order valence-electron chi connectivity index (χ1n) is 9.38. The molecule has 3 aromatic rings. The second-order valence-electron chi connectivity index (χ2n) is 7.09. The van der Waals surface area contributed by atoms with Crippen LogP contribution < -0.4 is 9.47 Å². The van der Waals surface area contributed by atoms with Crippen molar-refractivity contribution in [1.29, 1.82) is 0 Å². The molecule has 2 atom stereocenters. The van der Waals surface area contributed by atoms with Crippen molar-refractivity contribution in [2.75, 3.05) is 7.11 Å². The second-order valence-corrected chi connectivity index (χ2v) is 7.09. The SMILES string of the molecule is COc1ccc(O)c(C2=NN3[C@@H](C2)c2ccccc2O[C@H]3c2ccc(F)cc2)c1. The molecule has 0 amide bonds. The average molecular weight is 390 g/mol. The van der Waals surface area contributed by atoms with Crippen molar-refractivity contribution < 1.29 is 19.0 Å². The van der Waals surface area contributed by atoms with Gasteiger partial charge in [0.25, 0.3) is 0 Å². The molecular weight excluding hydrogens is 371 g/mol. The van der Waals surface area contributed by atoms with Crippen LogP contribution >= 0.6 is 0 Å². The Morgan fingerprint density at radius 1 is 1.10 bits per heavy atom. The Labute approximate surface area is 167 Å². The Bertz CT molecular complexity index is 1100. The Balaban J connectivity index is 1.60. The number of ether oxygens (including phenoxy) is 2. The van der Waals surface area contributed by atoms with Crippen LogP contribution in [0.25, 0.3) is 0 Å². The number of phenolic OH excluding ortho intramolecular Hbond substituents is 1. The van der Waals surface area contributed by atoms with E-state index in [-0.39, 0.29) is 17.6 Å². The Morgan fingerprint density at radius 3 is 2.69 bits per heavy atom. The van der Waals surface area contributed by atoms with E-state index < -0.39 is 6.23 Å². The van der Waals surface area contributed by atoms with Gasteiger partial charge in [-0.05, 0) is 36.4 Å². The third-order valence-corrected chi connectivity index (χ3v) is 5.37. The van der Waals surface area contributed by atoms with Crippen LogP contribution in [0.4, 0.5) is 4.39 Å². The van der Waals surface area contributed by atoms with Gasteiger partial charge in [-0.1, -0.05) is 30.3 Å². The molecule has 5 rings (SSSR count). The zero-order chi connectivity index (χ0) is 20.0. The van der Waals surface area contributed by atoms with Crippen LogP contribution in [0, 0.1) is 5.82 Å². The van der Waals surface area contributed by atoms with Gasteiger partial charge < -0.3 is 14.6 Å². The summed E-state index contributed by atoms with van der Waals surface area (Å²) in [6.07, 6.45) is 0.125. The van der Waals surface area contributed by atoms with E-state index in [1.165, 1.54) is 12.1 Å². The van der Waals surface area contributed by atoms with Gasteiger partial charge in [0, 0.05) is 23.1 Å². The third kappa shape index (κ3) is 2.97. The molecule has 0 aliphatic carbocycles. The number of halogens is 1. The smallest absolute Gasteiger partial charge is 0.213 e. The number of rotatable bonds is 3. The standard InChI is InChI=1S/C23H19FN2O3/c1-28-16-10-11-21(27)18(12-16)19-13-20-17-4-2-3-5-22(17)29-23(26(20)25-19)14-6-8-15(24)9-7-14/h2-12,20,23,27H,13H2,1H3/t20-,23-/m0/s1. The van der Waals surface area contributed by atoms with E-state index in [1.54, 1.807) is 37.4 Å². The number of hydrogen-bond acceptors (Lipinski definition) is 5. The summed E-state index contributed by atoms with van der Waals surface area (Å²) in [5.41, 5.74) is 3.23. The summed E-state index contributed by atoms with van der Waals surface area (Å²) in [6, 6.07) is 19.2. The number of hydrazone groups is 1. The minimum absolute atomic E-state index is 0.0457. The molecule has 0 radical (unpaired) electrons. The Hall–Kier alpha value is -3.54. The van der Waals surface area contributed by atoms with Crippen molar-refractivity contribution >= 4 is 5.71 Å². The highest BCUT2D eigenvalue weighted by atomic mass is 19.1. The molecule has 0 aromatic heterocycles. The van der Waals surface area contributed by atoms with Gasteiger partial charge in [-0.15, -0.1) is 0 Å². The number of hydrogen-bond donors (Lipinski definition) is 1. The van der Waals surface area contributed by atoms with Gasteiger partial charge in [-0.2, -0.15) is 5.10 Å². The lowest BCUT2D eigenvalue weighted by molar-refractivity contribution is -0.0190. The van der Waals surface area contributed by atoms with Gasteiger partial charge in [0.2, 0.25) is 6.23 Å². The van der Waals surface area contributed by atoms with E-state index in [0.717, 1.165) is 22.6 Å². The summed E-state index contributed by atoms with van der Waals surface area (Å²) in [5.74, 6) is 1.29. The van der Waals surface area contributed by atoms with Gasteiger partial charge in [0.15, 0.2) is 0 Å². The van der Waals surface area contributed by atoms with Crippen molar-refractivity contribution in [3.63, 3.8) is 0 Å². The second kappa shape index (κ2) is 6.81. The number of benzene rings is 3. The van der Waals surface area contributed by atoms with Gasteiger partial charge in [-0.3, -0.25) is 0 Å². The highest BCUT2D eigenvalue weighted by Gasteiger charge is 2.41. The highest BCUT2D eigenvalue weighted by molar-refractivity contribution is 6.04. The third-order valence-electron chi connectivity index (χ3n) is 5.37. The topological polar surface area (TPSA) is 54.3 Å². The summed E-state index contributed by atoms with van der Waals surface area (Å²) >= 11 is 0. The lowest BCUT2D eigenvalue weighted by Crippen LogP contribution is -2.33. The molecule has 0 saturated carbocycles. The lowest BCUT2D eigenvalue weighted by atomic mass is 9.95. The molecule has 5 nitrogen and oxygen atoms in total. The number of aromatic hydroxyl groups is 1. The number of nitrogens with zero attached hydrogens (tertiary/aromatic N) is 2. The molecule has 1 N–H and O–H groups in total. The van der Waals surface area contributed by atoms with Gasteiger partial charge in [-0.25, -0.2) is 9.40 Å². The summed E-state index contributed by atoms with van der Waals surface area (Å²) in [5, 5.41) is 17.1. The van der Waals surface area contributed by atoms with Crippen LogP contribution in [0.2, 0.25) is 0 Å². The molecule has 0 fully saturated rings. The zero-order valence-corrected chi connectivity index (χ0v) is 15.7. The van der Waals surface area contributed by atoms with Crippen LogP contribution in [0.3, 0.4) is 0 Å². The maximum absolute atomic E-state index is 13.4. The predicted octanol–water partition coefficient (Wildman–Crippen LogP) is 4.78. The first-order valence-corrected chi connectivity index (χ1v) is 9.38. The van der Waals surface area contributed by atoms with Crippen molar-refractivity contribution in [2.45, 2.75) is 18.7 Å². The van der Waals surface area contributed by atoms with Gasteiger partial charge in [0.05, 0.1) is 18.9 Å². The molecule has 2 heterocycles. The van der Waals surface area contributed by atoms with E-state index in [1.807, 2.05) is 29.3 Å². The van der Waals surface area contributed by atoms with Crippen LogP contribution in [0.5, 0.6) is 17.2 Å². The molecule has 3 aromatic carbocycles. The molecule has 2 aliphatic rings. The summed E-state index contributed by atoms with van der Waals surface area (Å²) in [4.78, 5) is 0. The maximum Gasteiger partial charge on any atom is 0.213 e. The molecule has 29 heavy (non-hydrogen) atoms. The van der Waals surface area contributed by atoms with Crippen molar-refractivity contribution in [1.82, 2.24) is 5.01 Å². The molecule has 0 bridgehead atoms. The normalized spacial score (nSPS) is 19.8. The van der Waals surface area contributed by atoms with Gasteiger partial charge in [0.1, 0.15) is 23.1 Å². The van der Waals surface area contributed by atoms with E-state index in [0.29, 0.717) is 17.7 Å². The number of fused-ring (bicyclic) bond motifs is 3. The summed E-state index contributed by atoms with van der Waals surface area (Å²) in [6.45, 7) is 0. The first-order chi connectivity index (χ1) is 14.1. The fourth-order valence-electron chi connectivity index (χ4n) is 3.92. The molecule has 6 heteroatoms. The van der Waals surface area contributed by atoms with E-state index >= 15 is 0 Å². The van der Waals surface area contributed by atoms with Crippen molar-refractivity contribution in [3.8, 4) is 17.2 Å². The fourth-order valence-corrected chi connectivity index (χ4v) is 3.92.